The second-order valence-electron chi connectivity index (χ2n) is 5.58. The molecule has 10 heteroatoms. The first-order chi connectivity index (χ1) is 12.8. The van der Waals surface area contributed by atoms with E-state index in [1.165, 1.54) is 17.4 Å². The molecule has 140 valence electrons. The molecule has 0 radical (unpaired) electrons. The summed E-state index contributed by atoms with van der Waals surface area (Å²) in [7, 11) is -3.68. The molecular formula is C17H15ClN4O3S2. The fraction of sp³-hybridized carbons (Fsp3) is 0.118. The van der Waals surface area contributed by atoms with Gasteiger partial charge in [0, 0.05) is 10.6 Å². The topological polar surface area (TPSA) is 92.3 Å². The number of anilines is 2. The summed E-state index contributed by atoms with van der Waals surface area (Å²) in [6.07, 6.45) is 1.03. The molecule has 0 unspecified atom stereocenters. The Labute approximate surface area is 165 Å². The summed E-state index contributed by atoms with van der Waals surface area (Å²) in [5, 5.41) is 11.9. The van der Waals surface area contributed by atoms with E-state index in [-0.39, 0.29) is 0 Å². The van der Waals surface area contributed by atoms with Crippen LogP contribution >= 0.6 is 22.9 Å². The van der Waals surface area contributed by atoms with Gasteiger partial charge in [0.2, 0.25) is 21.1 Å². The van der Waals surface area contributed by atoms with Crippen molar-refractivity contribution in [1.82, 2.24) is 10.2 Å². The molecule has 3 aromatic rings. The molecule has 27 heavy (non-hydrogen) atoms. The van der Waals surface area contributed by atoms with E-state index in [0.717, 1.165) is 16.1 Å². The number of halogens is 1. The quantitative estimate of drug-likeness (QED) is 0.658. The Bertz CT molecular complexity index is 1050. The third-order valence-corrected chi connectivity index (χ3v) is 5.74. The van der Waals surface area contributed by atoms with Crippen molar-refractivity contribution < 1.29 is 13.2 Å². The highest BCUT2D eigenvalue weighted by molar-refractivity contribution is 7.92. The van der Waals surface area contributed by atoms with Crippen molar-refractivity contribution in [2.45, 2.75) is 0 Å². The minimum atomic E-state index is -3.68. The van der Waals surface area contributed by atoms with Gasteiger partial charge < -0.3 is 0 Å². The van der Waals surface area contributed by atoms with Crippen LogP contribution in [-0.4, -0.2) is 37.3 Å². The van der Waals surface area contributed by atoms with Crippen LogP contribution in [0.15, 0.2) is 54.6 Å². The zero-order chi connectivity index (χ0) is 19.4. The molecule has 0 bridgehead atoms. The Morgan fingerprint density at radius 1 is 1.15 bits per heavy atom. The molecule has 0 aliphatic carbocycles. The van der Waals surface area contributed by atoms with Gasteiger partial charge in [0.1, 0.15) is 11.6 Å². The minimum absolute atomic E-state index is 0.290. The lowest BCUT2D eigenvalue weighted by molar-refractivity contribution is -0.114. The SMILES string of the molecule is CS(=O)(=O)N(CC(=O)Nc1nnc(-c2ccccc2)s1)c1cccc(Cl)c1. The van der Waals surface area contributed by atoms with Crippen LogP contribution in [0.3, 0.4) is 0 Å². The summed E-state index contributed by atoms with van der Waals surface area (Å²) in [6, 6.07) is 15.7. The van der Waals surface area contributed by atoms with Crippen LogP contribution in [0.5, 0.6) is 0 Å². The monoisotopic (exact) mass is 422 g/mol. The molecule has 1 N–H and O–H groups in total. The predicted molar refractivity (Wildman–Crippen MR) is 108 cm³/mol. The zero-order valence-corrected chi connectivity index (χ0v) is 16.6. The van der Waals surface area contributed by atoms with Crippen LogP contribution in [0.2, 0.25) is 5.02 Å². The fourth-order valence-electron chi connectivity index (χ4n) is 2.29. The Hall–Kier alpha value is -2.49. The maximum absolute atomic E-state index is 12.4. The van der Waals surface area contributed by atoms with Crippen LogP contribution in [0.1, 0.15) is 0 Å². The first kappa shape index (κ1) is 19.3. The fourth-order valence-corrected chi connectivity index (χ4v) is 4.09. The van der Waals surface area contributed by atoms with Gasteiger partial charge in [0.05, 0.1) is 11.9 Å². The number of rotatable bonds is 6. The predicted octanol–water partition coefficient (Wildman–Crippen LogP) is 3.26. The van der Waals surface area contributed by atoms with E-state index in [0.29, 0.717) is 20.8 Å². The number of nitrogens with one attached hydrogen (secondary N) is 1. The number of carbonyl (C=O) groups is 1. The smallest absolute Gasteiger partial charge is 0.246 e. The third-order valence-electron chi connectivity index (χ3n) is 3.48. The number of nitrogens with zero attached hydrogens (tertiary/aromatic N) is 3. The zero-order valence-electron chi connectivity index (χ0n) is 14.2. The molecule has 0 spiro atoms. The second kappa shape index (κ2) is 8.03. The molecular weight excluding hydrogens is 408 g/mol. The number of sulfonamides is 1. The lowest BCUT2D eigenvalue weighted by Gasteiger charge is -2.21. The van der Waals surface area contributed by atoms with Crippen molar-refractivity contribution in [3.05, 3.63) is 59.6 Å². The third kappa shape index (κ3) is 5.03. The van der Waals surface area contributed by atoms with E-state index in [1.54, 1.807) is 18.2 Å². The Balaban J connectivity index is 1.75. The minimum Gasteiger partial charge on any atom is -0.299 e. The summed E-state index contributed by atoms with van der Waals surface area (Å²) in [5.41, 5.74) is 1.19. The van der Waals surface area contributed by atoms with Crippen molar-refractivity contribution in [3.8, 4) is 10.6 Å². The average Bonchev–Trinajstić information content (AvgIpc) is 3.08. The van der Waals surface area contributed by atoms with Crippen molar-refractivity contribution >= 4 is 49.7 Å². The van der Waals surface area contributed by atoms with Crippen molar-refractivity contribution in [3.63, 3.8) is 0 Å². The van der Waals surface area contributed by atoms with Gasteiger partial charge in [-0.25, -0.2) is 8.42 Å². The molecule has 2 aromatic carbocycles. The number of benzene rings is 2. The summed E-state index contributed by atoms with van der Waals surface area (Å²) in [5.74, 6) is -0.531. The maximum atomic E-state index is 12.4. The molecule has 0 atom stereocenters. The lowest BCUT2D eigenvalue weighted by atomic mass is 10.2. The molecule has 1 aromatic heterocycles. The highest BCUT2D eigenvalue weighted by Gasteiger charge is 2.22. The first-order valence-electron chi connectivity index (χ1n) is 7.75. The molecule has 0 aliphatic heterocycles. The highest BCUT2D eigenvalue weighted by atomic mass is 35.5. The summed E-state index contributed by atoms with van der Waals surface area (Å²) in [4.78, 5) is 12.4. The van der Waals surface area contributed by atoms with Gasteiger partial charge in [-0.3, -0.25) is 14.4 Å². The average molecular weight is 423 g/mol. The van der Waals surface area contributed by atoms with Gasteiger partial charge in [-0.2, -0.15) is 0 Å². The van der Waals surface area contributed by atoms with Gasteiger partial charge in [0.15, 0.2) is 0 Å². The second-order valence-corrected chi connectivity index (χ2v) is 8.90. The van der Waals surface area contributed by atoms with Crippen molar-refractivity contribution in [2.24, 2.45) is 0 Å². The highest BCUT2D eigenvalue weighted by Crippen LogP contribution is 2.26. The Morgan fingerprint density at radius 3 is 2.56 bits per heavy atom. The van der Waals surface area contributed by atoms with Gasteiger partial charge in [-0.1, -0.05) is 59.3 Å². The number of hydrogen-bond acceptors (Lipinski definition) is 6. The Kier molecular flexibility index (Phi) is 5.73. The number of aromatic nitrogens is 2. The van der Waals surface area contributed by atoms with Gasteiger partial charge in [-0.15, -0.1) is 10.2 Å². The van der Waals surface area contributed by atoms with E-state index >= 15 is 0 Å². The Morgan fingerprint density at radius 2 is 1.89 bits per heavy atom. The number of carbonyl (C=O) groups excluding carboxylic acids is 1. The normalized spacial score (nSPS) is 11.2. The molecule has 0 saturated carbocycles. The molecule has 1 amide bonds. The summed E-state index contributed by atoms with van der Waals surface area (Å²) in [6.45, 7) is -0.403. The van der Waals surface area contributed by atoms with E-state index in [2.05, 4.69) is 15.5 Å². The first-order valence-corrected chi connectivity index (χ1v) is 10.8. The van der Waals surface area contributed by atoms with Gasteiger partial charge in [-0.05, 0) is 18.2 Å². The molecule has 0 aliphatic rings. The van der Waals surface area contributed by atoms with Crippen LogP contribution in [0.4, 0.5) is 10.8 Å². The number of amides is 1. The number of hydrogen-bond donors (Lipinski definition) is 1. The molecule has 0 saturated heterocycles. The van der Waals surface area contributed by atoms with E-state index < -0.39 is 22.5 Å². The van der Waals surface area contributed by atoms with Crippen molar-refractivity contribution in [1.29, 1.82) is 0 Å². The summed E-state index contributed by atoms with van der Waals surface area (Å²) < 4.78 is 25.2. The van der Waals surface area contributed by atoms with E-state index in [1.807, 2.05) is 30.3 Å². The van der Waals surface area contributed by atoms with Crippen LogP contribution < -0.4 is 9.62 Å². The lowest BCUT2D eigenvalue weighted by Crippen LogP contribution is -2.37. The largest absolute Gasteiger partial charge is 0.299 e. The van der Waals surface area contributed by atoms with Crippen LogP contribution in [0.25, 0.3) is 10.6 Å². The van der Waals surface area contributed by atoms with Crippen LogP contribution in [0, 0.1) is 0 Å². The van der Waals surface area contributed by atoms with E-state index in [4.69, 9.17) is 11.6 Å². The van der Waals surface area contributed by atoms with Crippen molar-refractivity contribution in [2.75, 3.05) is 22.4 Å². The van der Waals surface area contributed by atoms with Gasteiger partial charge in [0.25, 0.3) is 0 Å². The maximum Gasteiger partial charge on any atom is 0.246 e. The standard InChI is InChI=1S/C17H15ClN4O3S2/c1-27(24,25)22(14-9-5-8-13(18)10-14)11-15(23)19-17-21-20-16(26-17)12-6-3-2-4-7-12/h2-10H,11H2,1H3,(H,19,21,23). The van der Waals surface area contributed by atoms with E-state index in [9.17, 15) is 13.2 Å². The summed E-state index contributed by atoms with van der Waals surface area (Å²) >= 11 is 7.13. The molecule has 0 fully saturated rings. The van der Waals surface area contributed by atoms with Gasteiger partial charge >= 0.3 is 0 Å². The molecule has 1 heterocycles. The molecule has 7 nitrogen and oxygen atoms in total. The molecule has 3 rings (SSSR count). The van der Waals surface area contributed by atoms with Crippen LogP contribution in [-0.2, 0) is 14.8 Å².